The minimum Gasteiger partial charge on any atom is -0.207 e. The molecule has 1 N–H and O–H groups in total. The lowest BCUT2D eigenvalue weighted by molar-refractivity contribution is -0.121. The van der Waals surface area contributed by atoms with Crippen molar-refractivity contribution in [1.82, 2.24) is 4.72 Å². The van der Waals surface area contributed by atoms with Crippen LogP contribution in [-0.2, 0) is 10.0 Å². The maximum atomic E-state index is 11.9. The maximum absolute atomic E-state index is 11.9. The fraction of sp³-hybridized carbons (Fsp3) is 0.333. The Morgan fingerprint density at radius 2 is 1.94 bits per heavy atom. The largest absolute Gasteiger partial charge is 0.402 e. The number of alkyl halides is 3. The number of rotatable bonds is 3. The van der Waals surface area contributed by atoms with Gasteiger partial charge in [-0.2, -0.15) is 13.2 Å². The molecule has 0 fully saturated rings. The van der Waals surface area contributed by atoms with Gasteiger partial charge in [0.1, 0.15) is 6.54 Å². The van der Waals surface area contributed by atoms with Gasteiger partial charge < -0.3 is 0 Å². The lowest BCUT2D eigenvalue weighted by Crippen LogP contribution is -2.33. The Balaban J connectivity index is 2.98. The first-order valence-electron chi connectivity index (χ1n) is 4.44. The van der Waals surface area contributed by atoms with Crippen LogP contribution in [0.3, 0.4) is 0 Å². The smallest absolute Gasteiger partial charge is 0.207 e. The highest BCUT2D eigenvalue weighted by Gasteiger charge is 2.30. The van der Waals surface area contributed by atoms with E-state index in [9.17, 15) is 21.6 Å². The predicted octanol–water partition coefficient (Wildman–Crippen LogP) is 2.60. The zero-order valence-corrected chi connectivity index (χ0v) is 11.1. The van der Waals surface area contributed by atoms with Crippen molar-refractivity contribution in [3.05, 3.63) is 28.2 Å². The van der Waals surface area contributed by atoms with E-state index in [2.05, 4.69) is 15.9 Å². The summed E-state index contributed by atoms with van der Waals surface area (Å²) in [7, 11) is -4.16. The molecule has 0 aliphatic rings. The molecule has 1 rings (SSSR count). The summed E-state index contributed by atoms with van der Waals surface area (Å²) in [4.78, 5) is -0.215. The summed E-state index contributed by atoms with van der Waals surface area (Å²) in [6, 6.07) is 4.27. The summed E-state index contributed by atoms with van der Waals surface area (Å²) in [6.07, 6.45) is -4.58. The SMILES string of the molecule is Cc1ccc(S(=O)(=O)NCC(F)(F)F)c(Br)c1. The van der Waals surface area contributed by atoms with Crippen LogP contribution in [0.1, 0.15) is 5.56 Å². The van der Waals surface area contributed by atoms with E-state index < -0.39 is 22.7 Å². The van der Waals surface area contributed by atoms with Gasteiger partial charge in [0.2, 0.25) is 10.0 Å². The van der Waals surface area contributed by atoms with Crippen molar-refractivity contribution >= 4 is 26.0 Å². The number of hydrogen-bond acceptors (Lipinski definition) is 2. The van der Waals surface area contributed by atoms with E-state index in [0.717, 1.165) is 5.56 Å². The maximum Gasteiger partial charge on any atom is 0.402 e. The van der Waals surface area contributed by atoms with Crippen LogP contribution >= 0.6 is 15.9 Å². The second kappa shape index (κ2) is 4.95. The van der Waals surface area contributed by atoms with E-state index in [1.807, 2.05) is 0 Å². The zero-order valence-electron chi connectivity index (χ0n) is 8.68. The van der Waals surface area contributed by atoms with E-state index in [1.54, 1.807) is 6.92 Å². The first kappa shape index (κ1) is 14.5. The summed E-state index contributed by atoms with van der Waals surface area (Å²) in [5.41, 5.74) is 0.798. The number of nitrogens with one attached hydrogen (secondary N) is 1. The van der Waals surface area contributed by atoms with Crippen molar-refractivity contribution in [1.29, 1.82) is 0 Å². The van der Waals surface area contributed by atoms with Crippen LogP contribution in [-0.4, -0.2) is 21.1 Å². The van der Waals surface area contributed by atoms with Gasteiger partial charge in [-0.25, -0.2) is 13.1 Å². The van der Waals surface area contributed by atoms with Gasteiger partial charge >= 0.3 is 6.18 Å². The van der Waals surface area contributed by atoms with Gasteiger partial charge in [0.25, 0.3) is 0 Å². The van der Waals surface area contributed by atoms with E-state index in [4.69, 9.17) is 0 Å². The standard InChI is InChI=1S/C9H9BrF3NO2S/c1-6-2-3-8(7(10)4-6)17(15,16)14-5-9(11,12)13/h2-4,14H,5H2,1H3. The first-order chi connectivity index (χ1) is 7.62. The van der Waals surface area contributed by atoms with Crippen molar-refractivity contribution in [3.63, 3.8) is 0 Å². The van der Waals surface area contributed by atoms with Crippen molar-refractivity contribution in [2.75, 3.05) is 6.54 Å². The molecule has 0 aromatic heterocycles. The predicted molar refractivity (Wildman–Crippen MR) is 60.1 cm³/mol. The molecule has 0 aliphatic carbocycles. The molecule has 0 saturated heterocycles. The van der Waals surface area contributed by atoms with Gasteiger partial charge in [0.05, 0.1) is 4.90 Å². The fourth-order valence-electron chi connectivity index (χ4n) is 1.08. The monoisotopic (exact) mass is 331 g/mol. The second-order valence-corrected chi connectivity index (χ2v) is 5.96. The second-order valence-electron chi connectivity index (χ2n) is 3.37. The summed E-state index contributed by atoms with van der Waals surface area (Å²) in [5.74, 6) is 0. The molecule has 0 atom stereocenters. The molecular formula is C9H9BrF3NO2S. The van der Waals surface area contributed by atoms with Gasteiger partial charge in [0.15, 0.2) is 0 Å². The average Bonchev–Trinajstić information content (AvgIpc) is 2.13. The van der Waals surface area contributed by atoms with Crippen LogP contribution in [0.2, 0.25) is 0 Å². The topological polar surface area (TPSA) is 46.2 Å². The molecule has 0 amide bonds. The number of aryl methyl sites for hydroxylation is 1. The lowest BCUT2D eigenvalue weighted by Gasteiger charge is -2.10. The van der Waals surface area contributed by atoms with Crippen LogP contribution in [0.15, 0.2) is 27.6 Å². The minimum atomic E-state index is -4.58. The molecule has 0 bridgehead atoms. The van der Waals surface area contributed by atoms with Crippen LogP contribution in [0.25, 0.3) is 0 Å². The Kier molecular flexibility index (Phi) is 4.21. The highest BCUT2D eigenvalue weighted by Crippen LogP contribution is 2.23. The van der Waals surface area contributed by atoms with Gasteiger partial charge in [-0.3, -0.25) is 0 Å². The van der Waals surface area contributed by atoms with Crippen molar-refractivity contribution in [2.24, 2.45) is 0 Å². The van der Waals surface area contributed by atoms with E-state index in [1.165, 1.54) is 22.9 Å². The van der Waals surface area contributed by atoms with E-state index >= 15 is 0 Å². The molecule has 0 unspecified atom stereocenters. The molecule has 0 aliphatic heterocycles. The lowest BCUT2D eigenvalue weighted by atomic mass is 10.2. The molecule has 0 saturated carbocycles. The van der Waals surface area contributed by atoms with Gasteiger partial charge in [-0.15, -0.1) is 0 Å². The molecule has 17 heavy (non-hydrogen) atoms. The van der Waals surface area contributed by atoms with Gasteiger partial charge in [-0.1, -0.05) is 6.07 Å². The van der Waals surface area contributed by atoms with Crippen LogP contribution in [0, 0.1) is 6.92 Å². The van der Waals surface area contributed by atoms with Crippen molar-refractivity contribution in [2.45, 2.75) is 18.0 Å². The molecule has 0 spiro atoms. The highest BCUT2D eigenvalue weighted by molar-refractivity contribution is 9.10. The van der Waals surface area contributed by atoms with E-state index in [-0.39, 0.29) is 9.37 Å². The molecule has 3 nitrogen and oxygen atoms in total. The first-order valence-corrected chi connectivity index (χ1v) is 6.72. The summed E-state index contributed by atoms with van der Waals surface area (Å²) >= 11 is 3.00. The van der Waals surface area contributed by atoms with Gasteiger partial charge in [-0.05, 0) is 40.5 Å². The number of hydrogen-bond donors (Lipinski definition) is 1. The third-order valence-electron chi connectivity index (χ3n) is 1.84. The summed E-state index contributed by atoms with van der Waals surface area (Å²) < 4.78 is 60.6. The summed E-state index contributed by atoms with van der Waals surface area (Å²) in [6.45, 7) is 0.153. The third-order valence-corrected chi connectivity index (χ3v) is 4.22. The zero-order chi connectivity index (χ0) is 13.3. The summed E-state index contributed by atoms with van der Waals surface area (Å²) in [5, 5.41) is 0. The average molecular weight is 332 g/mol. The third kappa shape index (κ3) is 4.29. The Hall–Kier alpha value is -0.600. The quantitative estimate of drug-likeness (QED) is 0.925. The highest BCUT2D eigenvalue weighted by atomic mass is 79.9. The molecule has 1 aromatic rings. The number of sulfonamides is 1. The minimum absolute atomic E-state index is 0.215. The Bertz CT molecular complexity index is 513. The van der Waals surface area contributed by atoms with Crippen LogP contribution in [0.4, 0.5) is 13.2 Å². The Morgan fingerprint density at radius 3 is 2.41 bits per heavy atom. The van der Waals surface area contributed by atoms with Crippen molar-refractivity contribution in [3.8, 4) is 0 Å². The fourth-order valence-corrected chi connectivity index (χ4v) is 3.28. The molecule has 1 aromatic carbocycles. The van der Waals surface area contributed by atoms with Gasteiger partial charge in [0, 0.05) is 4.47 Å². The molecule has 8 heteroatoms. The van der Waals surface area contributed by atoms with Crippen LogP contribution in [0.5, 0.6) is 0 Å². The normalized spacial score (nSPS) is 12.8. The number of halogens is 4. The van der Waals surface area contributed by atoms with Crippen LogP contribution < -0.4 is 4.72 Å². The van der Waals surface area contributed by atoms with Crippen molar-refractivity contribution < 1.29 is 21.6 Å². The Morgan fingerprint density at radius 1 is 1.35 bits per heavy atom. The number of benzene rings is 1. The molecule has 0 heterocycles. The molecular weight excluding hydrogens is 323 g/mol. The molecule has 0 radical (unpaired) electrons. The van der Waals surface area contributed by atoms with E-state index in [0.29, 0.717) is 0 Å². The Labute approximate surface area is 105 Å². The molecule has 96 valence electrons.